The minimum Gasteiger partial charge on any atom is -0.370 e. The van der Waals surface area contributed by atoms with Gasteiger partial charge in [-0.25, -0.2) is 0 Å². The monoisotopic (exact) mass is 168 g/mol. The normalized spacial score (nSPS) is 21.3. The third-order valence-corrected chi connectivity index (χ3v) is 3.39. The quantitative estimate of drug-likeness (QED) is 0.578. The van der Waals surface area contributed by atoms with Crippen LogP contribution >= 0.6 is 11.3 Å². The molecule has 2 rings (SSSR count). The van der Waals surface area contributed by atoms with E-state index >= 15 is 0 Å². The van der Waals surface area contributed by atoms with E-state index in [4.69, 9.17) is 4.74 Å². The van der Waals surface area contributed by atoms with E-state index in [0.717, 1.165) is 13.0 Å². The summed E-state index contributed by atoms with van der Waals surface area (Å²) in [5, 5.41) is 2.15. The van der Waals surface area contributed by atoms with E-state index in [0.29, 0.717) is 0 Å². The molecule has 0 spiro atoms. The van der Waals surface area contributed by atoms with Crippen LogP contribution in [0.15, 0.2) is 11.4 Å². The zero-order chi connectivity index (χ0) is 7.90. The number of hydrogen-bond acceptors (Lipinski definition) is 2. The van der Waals surface area contributed by atoms with Crippen LogP contribution in [-0.4, -0.2) is 6.61 Å². The van der Waals surface area contributed by atoms with Crippen LogP contribution < -0.4 is 0 Å². The number of thiophene rings is 1. The van der Waals surface area contributed by atoms with Crippen molar-refractivity contribution in [2.24, 2.45) is 0 Å². The maximum atomic E-state index is 5.66. The highest BCUT2D eigenvalue weighted by Gasteiger charge is 2.28. The van der Waals surface area contributed by atoms with Gasteiger partial charge in [-0.3, -0.25) is 0 Å². The molecule has 1 aliphatic rings. The van der Waals surface area contributed by atoms with Gasteiger partial charge in [0.15, 0.2) is 0 Å². The Morgan fingerprint density at radius 3 is 3.09 bits per heavy atom. The van der Waals surface area contributed by atoms with Gasteiger partial charge in [0.25, 0.3) is 0 Å². The van der Waals surface area contributed by atoms with Gasteiger partial charge in [-0.15, -0.1) is 11.3 Å². The molecule has 0 unspecified atom stereocenters. The van der Waals surface area contributed by atoms with Crippen molar-refractivity contribution in [3.05, 3.63) is 21.9 Å². The molecule has 0 bridgehead atoms. The molecule has 1 aliphatic heterocycles. The Balaban J connectivity index is 2.48. The van der Waals surface area contributed by atoms with Gasteiger partial charge in [0.2, 0.25) is 0 Å². The summed E-state index contributed by atoms with van der Waals surface area (Å²) in [4.78, 5) is 1.41. The number of ether oxygens (including phenoxy) is 1. The zero-order valence-corrected chi connectivity index (χ0v) is 7.70. The Kier molecular flexibility index (Phi) is 1.55. The number of rotatable bonds is 0. The van der Waals surface area contributed by atoms with E-state index in [-0.39, 0.29) is 5.60 Å². The summed E-state index contributed by atoms with van der Waals surface area (Å²) < 4.78 is 5.66. The van der Waals surface area contributed by atoms with E-state index in [1.807, 2.05) is 11.3 Å². The zero-order valence-electron chi connectivity index (χ0n) is 6.89. The molecule has 0 N–H and O–H groups in total. The summed E-state index contributed by atoms with van der Waals surface area (Å²) in [5.74, 6) is 0. The highest BCUT2D eigenvalue weighted by Crippen LogP contribution is 2.35. The molecule has 0 amide bonds. The van der Waals surface area contributed by atoms with E-state index in [1.165, 1.54) is 10.4 Å². The molecule has 0 aromatic carbocycles. The van der Waals surface area contributed by atoms with Gasteiger partial charge in [-0.2, -0.15) is 0 Å². The summed E-state index contributed by atoms with van der Waals surface area (Å²) >= 11 is 1.81. The molecule has 2 heterocycles. The number of fused-ring (bicyclic) bond motifs is 1. The summed E-state index contributed by atoms with van der Waals surface area (Å²) in [5.41, 5.74) is 1.44. The minimum absolute atomic E-state index is 0.0399. The Morgan fingerprint density at radius 2 is 2.36 bits per heavy atom. The maximum Gasteiger partial charge on any atom is 0.0969 e. The second-order valence-electron chi connectivity index (χ2n) is 3.38. The average molecular weight is 168 g/mol. The van der Waals surface area contributed by atoms with Gasteiger partial charge in [0, 0.05) is 4.88 Å². The summed E-state index contributed by atoms with van der Waals surface area (Å²) in [6, 6.07) is 2.21. The van der Waals surface area contributed by atoms with E-state index in [1.54, 1.807) is 0 Å². The standard InChI is InChI=1S/C9H12OS/c1-9(2)8-7(3-5-10-9)4-6-11-8/h4,6H,3,5H2,1-2H3. The first-order valence-electron chi connectivity index (χ1n) is 3.91. The van der Waals surface area contributed by atoms with Crippen LogP contribution in [0.3, 0.4) is 0 Å². The van der Waals surface area contributed by atoms with Crippen LogP contribution in [0.1, 0.15) is 24.3 Å². The third-order valence-electron chi connectivity index (χ3n) is 2.13. The van der Waals surface area contributed by atoms with Crippen molar-refractivity contribution in [2.75, 3.05) is 6.61 Å². The molecular weight excluding hydrogens is 156 g/mol. The molecular formula is C9H12OS. The highest BCUT2D eigenvalue weighted by molar-refractivity contribution is 7.10. The molecule has 0 saturated carbocycles. The van der Waals surface area contributed by atoms with Gasteiger partial charge in [0.1, 0.15) is 0 Å². The van der Waals surface area contributed by atoms with Crippen LogP contribution in [0.25, 0.3) is 0 Å². The fraction of sp³-hybridized carbons (Fsp3) is 0.556. The fourth-order valence-corrected chi connectivity index (χ4v) is 2.58. The molecule has 1 nitrogen and oxygen atoms in total. The van der Waals surface area contributed by atoms with E-state index in [9.17, 15) is 0 Å². The SMILES string of the molecule is CC1(C)OCCc2ccsc21. The first kappa shape index (κ1) is 7.32. The lowest BCUT2D eigenvalue weighted by molar-refractivity contribution is -0.0282. The van der Waals surface area contributed by atoms with Crippen LogP contribution in [-0.2, 0) is 16.8 Å². The Labute approximate surface area is 71.0 Å². The third kappa shape index (κ3) is 1.10. The summed E-state index contributed by atoms with van der Waals surface area (Å²) in [6.07, 6.45) is 1.09. The topological polar surface area (TPSA) is 9.23 Å². The molecule has 11 heavy (non-hydrogen) atoms. The van der Waals surface area contributed by atoms with Crippen LogP contribution in [0, 0.1) is 0 Å². The lowest BCUT2D eigenvalue weighted by Gasteiger charge is -2.29. The predicted octanol–water partition coefficient (Wildman–Crippen LogP) is 2.56. The molecule has 60 valence electrons. The molecule has 0 fully saturated rings. The van der Waals surface area contributed by atoms with Crippen molar-refractivity contribution >= 4 is 11.3 Å². The average Bonchev–Trinajstić information content (AvgIpc) is 2.34. The van der Waals surface area contributed by atoms with Crippen molar-refractivity contribution < 1.29 is 4.74 Å². The van der Waals surface area contributed by atoms with Gasteiger partial charge < -0.3 is 4.74 Å². The van der Waals surface area contributed by atoms with Crippen molar-refractivity contribution in [1.29, 1.82) is 0 Å². The summed E-state index contributed by atoms with van der Waals surface area (Å²) in [7, 11) is 0. The van der Waals surface area contributed by atoms with Gasteiger partial charge in [-0.05, 0) is 37.3 Å². The number of hydrogen-bond donors (Lipinski definition) is 0. The Hall–Kier alpha value is -0.340. The van der Waals surface area contributed by atoms with Crippen molar-refractivity contribution in [2.45, 2.75) is 25.9 Å². The maximum absolute atomic E-state index is 5.66. The van der Waals surface area contributed by atoms with Crippen LogP contribution in [0.5, 0.6) is 0 Å². The second-order valence-corrected chi connectivity index (χ2v) is 4.30. The van der Waals surface area contributed by atoms with Gasteiger partial charge in [-0.1, -0.05) is 0 Å². The van der Waals surface area contributed by atoms with Crippen molar-refractivity contribution in [3.8, 4) is 0 Å². The van der Waals surface area contributed by atoms with Gasteiger partial charge in [0.05, 0.1) is 12.2 Å². The first-order chi connectivity index (χ1) is 5.20. The first-order valence-corrected chi connectivity index (χ1v) is 4.79. The largest absolute Gasteiger partial charge is 0.370 e. The predicted molar refractivity (Wildman–Crippen MR) is 47.0 cm³/mol. The summed E-state index contributed by atoms with van der Waals surface area (Å²) in [6.45, 7) is 5.15. The molecule has 0 atom stereocenters. The molecule has 1 aromatic heterocycles. The van der Waals surface area contributed by atoms with E-state index in [2.05, 4.69) is 25.3 Å². The minimum atomic E-state index is -0.0399. The molecule has 2 heteroatoms. The Morgan fingerprint density at radius 1 is 1.55 bits per heavy atom. The van der Waals surface area contributed by atoms with Gasteiger partial charge >= 0.3 is 0 Å². The fourth-order valence-electron chi connectivity index (χ4n) is 1.54. The van der Waals surface area contributed by atoms with E-state index < -0.39 is 0 Å². The van der Waals surface area contributed by atoms with Crippen molar-refractivity contribution in [1.82, 2.24) is 0 Å². The molecule has 0 aliphatic carbocycles. The van der Waals surface area contributed by atoms with Crippen LogP contribution in [0.2, 0.25) is 0 Å². The smallest absolute Gasteiger partial charge is 0.0969 e. The highest BCUT2D eigenvalue weighted by atomic mass is 32.1. The molecule has 0 radical (unpaired) electrons. The lowest BCUT2D eigenvalue weighted by Crippen LogP contribution is -2.27. The van der Waals surface area contributed by atoms with Crippen molar-refractivity contribution in [3.63, 3.8) is 0 Å². The second kappa shape index (κ2) is 2.32. The van der Waals surface area contributed by atoms with Crippen LogP contribution in [0.4, 0.5) is 0 Å². The lowest BCUT2D eigenvalue weighted by atomic mass is 9.99. The molecule has 1 aromatic rings. The molecule has 0 saturated heterocycles. The Bertz CT molecular complexity index is 262.